The highest BCUT2D eigenvalue weighted by molar-refractivity contribution is 5.95. The minimum atomic E-state index is -0.0773. The molecule has 0 bridgehead atoms. The van der Waals surface area contributed by atoms with Gasteiger partial charge in [-0.25, -0.2) is 9.97 Å². The third-order valence-corrected chi connectivity index (χ3v) is 4.92. The molecular weight excluding hydrogens is 366 g/mol. The third kappa shape index (κ3) is 3.72. The lowest BCUT2D eigenvalue weighted by molar-refractivity contribution is -0.116. The second kappa shape index (κ2) is 7.31. The fraction of sp³-hybridized carbons (Fsp3) is 0.364. The number of anilines is 1. The van der Waals surface area contributed by atoms with Crippen LogP contribution in [0.25, 0.3) is 5.95 Å². The molecule has 0 spiro atoms. The van der Waals surface area contributed by atoms with Crippen LogP contribution in [0.3, 0.4) is 0 Å². The van der Waals surface area contributed by atoms with Gasteiger partial charge >= 0.3 is 0 Å². The first-order valence-electron chi connectivity index (χ1n) is 9.80. The second-order valence-corrected chi connectivity index (χ2v) is 7.75. The predicted octanol–water partition coefficient (Wildman–Crippen LogP) is 3.85. The van der Waals surface area contributed by atoms with Gasteiger partial charge in [0.05, 0.1) is 11.8 Å². The van der Waals surface area contributed by atoms with Crippen molar-refractivity contribution in [3.63, 3.8) is 0 Å². The van der Waals surface area contributed by atoms with E-state index < -0.39 is 0 Å². The molecule has 7 nitrogen and oxygen atoms in total. The molecule has 4 rings (SSSR count). The molecule has 0 saturated heterocycles. The van der Waals surface area contributed by atoms with Gasteiger partial charge in [-0.15, -0.1) is 0 Å². The maximum atomic E-state index is 12.5. The second-order valence-electron chi connectivity index (χ2n) is 7.75. The maximum Gasteiger partial charge on any atom is 0.252 e. The van der Waals surface area contributed by atoms with Crippen LogP contribution >= 0.6 is 0 Å². The number of hydrogen-bond acceptors (Lipinski definition) is 5. The Bertz CT molecular complexity index is 1050. The zero-order chi connectivity index (χ0) is 20.7. The number of hydrogen-bond donors (Lipinski definition) is 1. The Balaban J connectivity index is 1.78. The van der Waals surface area contributed by atoms with Crippen LogP contribution in [0.5, 0.6) is 5.75 Å². The lowest BCUT2D eigenvalue weighted by atomic mass is 9.86. The third-order valence-electron chi connectivity index (χ3n) is 4.92. The van der Waals surface area contributed by atoms with Gasteiger partial charge in [-0.2, -0.15) is 9.78 Å². The van der Waals surface area contributed by atoms with Gasteiger partial charge in [0.2, 0.25) is 5.91 Å². The first-order valence-corrected chi connectivity index (χ1v) is 9.80. The van der Waals surface area contributed by atoms with Crippen LogP contribution in [-0.4, -0.2) is 31.8 Å². The van der Waals surface area contributed by atoms with Crippen LogP contribution in [0.4, 0.5) is 5.82 Å². The molecule has 3 aromatic rings. The summed E-state index contributed by atoms with van der Waals surface area (Å²) >= 11 is 0. The number of aryl methyl sites for hydroxylation is 3. The molecule has 0 unspecified atom stereocenters. The molecule has 1 aliphatic rings. The van der Waals surface area contributed by atoms with Crippen molar-refractivity contribution in [2.75, 3.05) is 5.32 Å². The van der Waals surface area contributed by atoms with Crippen LogP contribution < -0.4 is 10.1 Å². The first kappa shape index (κ1) is 19.1. The van der Waals surface area contributed by atoms with Crippen LogP contribution in [0.1, 0.15) is 54.4 Å². The number of aromatic nitrogens is 4. The first-order chi connectivity index (χ1) is 13.8. The van der Waals surface area contributed by atoms with E-state index in [4.69, 9.17) is 4.74 Å². The van der Waals surface area contributed by atoms with E-state index in [9.17, 15) is 4.79 Å². The van der Waals surface area contributed by atoms with Crippen molar-refractivity contribution < 1.29 is 9.53 Å². The fourth-order valence-corrected chi connectivity index (χ4v) is 3.83. The summed E-state index contributed by atoms with van der Waals surface area (Å²) in [6, 6.07) is 9.86. The van der Waals surface area contributed by atoms with Crippen molar-refractivity contribution in [1.82, 2.24) is 19.7 Å². The van der Waals surface area contributed by atoms with Crippen molar-refractivity contribution in [2.24, 2.45) is 0 Å². The van der Waals surface area contributed by atoms with Gasteiger partial charge in [-0.05, 0) is 58.4 Å². The van der Waals surface area contributed by atoms with Crippen molar-refractivity contribution >= 4 is 11.7 Å². The summed E-state index contributed by atoms with van der Waals surface area (Å²) in [5.41, 5.74) is 4.63. The van der Waals surface area contributed by atoms with E-state index in [1.165, 1.54) is 0 Å². The molecule has 0 saturated carbocycles. The molecule has 150 valence electrons. The quantitative estimate of drug-likeness (QED) is 0.730. The summed E-state index contributed by atoms with van der Waals surface area (Å²) in [5, 5.41) is 7.64. The molecule has 1 amide bonds. The molecule has 1 aliphatic heterocycles. The molecule has 0 fully saturated rings. The molecule has 3 heterocycles. The highest BCUT2D eigenvalue weighted by Crippen LogP contribution is 2.40. The Morgan fingerprint density at radius 1 is 1.10 bits per heavy atom. The number of benzene rings is 1. The molecule has 0 aliphatic carbocycles. The summed E-state index contributed by atoms with van der Waals surface area (Å²) in [6.45, 7) is 9.79. The molecular formula is C22H25N5O2. The number of nitrogens with one attached hydrogen (secondary N) is 1. The summed E-state index contributed by atoms with van der Waals surface area (Å²) in [6.07, 6.45) is 0.489. The molecule has 1 N–H and O–H groups in total. The van der Waals surface area contributed by atoms with Crippen LogP contribution in [0.15, 0.2) is 30.3 Å². The number of carbonyl (C=O) groups is 1. The molecule has 2 aromatic heterocycles. The van der Waals surface area contributed by atoms with E-state index in [0.29, 0.717) is 18.2 Å². The van der Waals surface area contributed by atoms with Crippen molar-refractivity contribution in [3.05, 3.63) is 58.5 Å². The Hall–Kier alpha value is -3.22. The van der Waals surface area contributed by atoms with Crippen molar-refractivity contribution in [3.8, 4) is 11.7 Å². The van der Waals surface area contributed by atoms with Crippen molar-refractivity contribution in [2.45, 2.75) is 53.1 Å². The lowest BCUT2D eigenvalue weighted by Crippen LogP contribution is -2.25. The molecule has 7 heteroatoms. The zero-order valence-corrected chi connectivity index (χ0v) is 17.4. The number of rotatable bonds is 4. The highest BCUT2D eigenvalue weighted by atomic mass is 16.5. The van der Waals surface area contributed by atoms with Gasteiger partial charge in [-0.1, -0.05) is 12.1 Å². The highest BCUT2D eigenvalue weighted by Gasteiger charge is 2.33. The molecule has 1 aromatic carbocycles. The summed E-state index contributed by atoms with van der Waals surface area (Å²) in [4.78, 5) is 21.5. The van der Waals surface area contributed by atoms with Crippen LogP contribution in [0, 0.1) is 20.8 Å². The largest absolute Gasteiger partial charge is 0.491 e. The summed E-state index contributed by atoms with van der Waals surface area (Å²) in [5.74, 6) is 1.81. The van der Waals surface area contributed by atoms with E-state index in [1.54, 1.807) is 4.68 Å². The van der Waals surface area contributed by atoms with Gasteiger partial charge in [0, 0.05) is 29.3 Å². The number of ether oxygens (including phenoxy) is 1. The minimum Gasteiger partial charge on any atom is -0.491 e. The topological polar surface area (TPSA) is 81.9 Å². The molecule has 0 radical (unpaired) electrons. The van der Waals surface area contributed by atoms with Crippen LogP contribution in [-0.2, 0) is 4.79 Å². The van der Waals surface area contributed by atoms with Crippen LogP contribution in [0.2, 0.25) is 0 Å². The lowest BCUT2D eigenvalue weighted by Gasteiger charge is -2.24. The van der Waals surface area contributed by atoms with E-state index in [-0.39, 0.29) is 17.9 Å². The average Bonchev–Trinajstić information content (AvgIpc) is 2.97. The Kier molecular flexibility index (Phi) is 4.82. The van der Waals surface area contributed by atoms with Gasteiger partial charge in [0.15, 0.2) is 0 Å². The van der Waals surface area contributed by atoms with Gasteiger partial charge < -0.3 is 10.1 Å². The molecule has 29 heavy (non-hydrogen) atoms. The zero-order valence-electron chi connectivity index (χ0n) is 17.4. The Labute approximate surface area is 170 Å². The monoisotopic (exact) mass is 391 g/mol. The van der Waals surface area contributed by atoms with E-state index in [0.717, 1.165) is 34.0 Å². The maximum absolute atomic E-state index is 12.5. The Morgan fingerprint density at radius 3 is 2.38 bits per heavy atom. The fourth-order valence-electron chi connectivity index (χ4n) is 3.83. The minimum absolute atomic E-state index is 0.0458. The average molecular weight is 391 g/mol. The Morgan fingerprint density at radius 2 is 1.76 bits per heavy atom. The van der Waals surface area contributed by atoms with Gasteiger partial charge in [-0.3, -0.25) is 4.79 Å². The predicted molar refractivity (Wildman–Crippen MR) is 111 cm³/mol. The van der Waals surface area contributed by atoms with Crippen molar-refractivity contribution in [1.29, 1.82) is 0 Å². The number of fused-ring (bicyclic) bond motifs is 1. The summed E-state index contributed by atoms with van der Waals surface area (Å²) < 4.78 is 7.39. The smallest absolute Gasteiger partial charge is 0.252 e. The van der Waals surface area contributed by atoms with E-state index in [2.05, 4.69) is 20.4 Å². The van der Waals surface area contributed by atoms with E-state index >= 15 is 0 Å². The van der Waals surface area contributed by atoms with Gasteiger partial charge in [0.1, 0.15) is 11.6 Å². The van der Waals surface area contributed by atoms with E-state index in [1.807, 2.05) is 65.0 Å². The SMILES string of the molecule is Cc1cc(C)nc(-n2nc(C)c3c2NC(=O)C[C@@H]3c2ccc(OC(C)C)cc2)n1. The van der Waals surface area contributed by atoms with Gasteiger partial charge in [0.25, 0.3) is 5.95 Å². The standard InChI is InChI=1S/C22H25N5O2/c1-12(2)29-17-8-6-16(7-9-17)18-11-19(28)25-21-20(18)15(5)26-27(21)22-23-13(3)10-14(4)24-22/h6-10,12,18H,11H2,1-5H3,(H,25,28)/t18-/m1/s1. The summed E-state index contributed by atoms with van der Waals surface area (Å²) in [7, 11) is 0. The number of amides is 1. The number of carbonyl (C=O) groups excluding carboxylic acids is 1. The normalized spacial score (nSPS) is 15.9. The molecule has 1 atom stereocenters. The number of nitrogens with zero attached hydrogens (tertiary/aromatic N) is 4.